The highest BCUT2D eigenvalue weighted by Gasteiger charge is 2.11. The van der Waals surface area contributed by atoms with Crippen LogP contribution in [0.2, 0.25) is 5.02 Å². The molecule has 0 saturated carbocycles. The molecule has 0 radical (unpaired) electrons. The molecule has 2 rings (SSSR count). The molecule has 1 aromatic carbocycles. The summed E-state index contributed by atoms with van der Waals surface area (Å²) in [4.78, 5) is 0. The van der Waals surface area contributed by atoms with Gasteiger partial charge in [-0.05, 0) is 43.0 Å². The molecule has 102 valence electrons. The standard InChI is InChI=1S/C15H18ClNO2/c1-9(2)13-7-15(10(3)5-14(13)16)18-8-12-6-11(4)17-19-12/h5-7,9H,8H2,1-4H3. The molecule has 1 aromatic heterocycles. The van der Waals surface area contributed by atoms with Crippen molar-refractivity contribution >= 4 is 11.6 Å². The second-order valence-corrected chi connectivity index (χ2v) is 5.42. The van der Waals surface area contributed by atoms with Crippen molar-refractivity contribution in [2.75, 3.05) is 0 Å². The Hall–Kier alpha value is -1.48. The third-order valence-electron chi connectivity index (χ3n) is 2.96. The molecule has 1 heterocycles. The van der Waals surface area contributed by atoms with E-state index in [9.17, 15) is 0 Å². The molecule has 0 aliphatic heterocycles. The van der Waals surface area contributed by atoms with Gasteiger partial charge in [-0.1, -0.05) is 30.6 Å². The molecule has 3 nitrogen and oxygen atoms in total. The van der Waals surface area contributed by atoms with Gasteiger partial charge in [0, 0.05) is 11.1 Å². The number of ether oxygens (including phenoxy) is 1. The quantitative estimate of drug-likeness (QED) is 0.817. The van der Waals surface area contributed by atoms with Gasteiger partial charge in [0.15, 0.2) is 5.76 Å². The fourth-order valence-electron chi connectivity index (χ4n) is 1.90. The van der Waals surface area contributed by atoms with Crippen LogP contribution in [0.15, 0.2) is 22.7 Å². The van der Waals surface area contributed by atoms with Gasteiger partial charge >= 0.3 is 0 Å². The minimum Gasteiger partial charge on any atom is -0.485 e. The van der Waals surface area contributed by atoms with Crippen LogP contribution in [0, 0.1) is 13.8 Å². The minimum absolute atomic E-state index is 0.364. The van der Waals surface area contributed by atoms with Crippen LogP contribution < -0.4 is 4.74 Å². The Morgan fingerprint density at radius 1 is 1.26 bits per heavy atom. The Kier molecular flexibility index (Phi) is 4.15. The Morgan fingerprint density at radius 2 is 2.00 bits per heavy atom. The van der Waals surface area contributed by atoms with E-state index in [0.29, 0.717) is 12.5 Å². The van der Waals surface area contributed by atoms with Crippen LogP contribution in [-0.2, 0) is 6.61 Å². The molecule has 0 bridgehead atoms. The third-order valence-corrected chi connectivity index (χ3v) is 3.29. The van der Waals surface area contributed by atoms with E-state index in [1.807, 2.05) is 32.0 Å². The molecule has 0 unspecified atom stereocenters. The SMILES string of the molecule is Cc1cc(COc2cc(C(C)C)c(Cl)cc2C)on1. The number of hydrogen-bond donors (Lipinski definition) is 0. The van der Waals surface area contributed by atoms with E-state index >= 15 is 0 Å². The van der Waals surface area contributed by atoms with Crippen molar-refractivity contribution in [1.29, 1.82) is 0 Å². The fraction of sp³-hybridized carbons (Fsp3) is 0.400. The zero-order valence-electron chi connectivity index (χ0n) is 11.7. The lowest BCUT2D eigenvalue weighted by molar-refractivity contribution is 0.247. The highest BCUT2D eigenvalue weighted by Crippen LogP contribution is 2.31. The molecule has 0 aliphatic carbocycles. The molecule has 2 aromatic rings. The predicted octanol–water partition coefficient (Wildman–Crippen LogP) is 4.65. The molecule has 0 amide bonds. The lowest BCUT2D eigenvalue weighted by Crippen LogP contribution is -1.98. The van der Waals surface area contributed by atoms with Crippen molar-refractivity contribution in [3.05, 3.63) is 45.8 Å². The molecule has 0 saturated heterocycles. The first kappa shape index (κ1) is 13.9. The van der Waals surface area contributed by atoms with E-state index in [2.05, 4.69) is 19.0 Å². The maximum absolute atomic E-state index is 6.23. The van der Waals surface area contributed by atoms with Gasteiger partial charge in [0.2, 0.25) is 0 Å². The van der Waals surface area contributed by atoms with Crippen LogP contribution in [0.1, 0.15) is 42.3 Å². The summed E-state index contributed by atoms with van der Waals surface area (Å²) in [6.07, 6.45) is 0. The number of nitrogens with zero attached hydrogens (tertiary/aromatic N) is 1. The van der Waals surface area contributed by atoms with E-state index in [-0.39, 0.29) is 0 Å². The Balaban J connectivity index is 2.17. The zero-order valence-corrected chi connectivity index (χ0v) is 12.4. The molecule has 0 N–H and O–H groups in total. The van der Waals surface area contributed by atoms with Crippen molar-refractivity contribution in [1.82, 2.24) is 5.16 Å². The van der Waals surface area contributed by atoms with Gasteiger partial charge in [0.05, 0.1) is 5.69 Å². The number of halogens is 1. The van der Waals surface area contributed by atoms with Crippen molar-refractivity contribution < 1.29 is 9.26 Å². The summed E-state index contributed by atoms with van der Waals surface area (Å²) >= 11 is 6.23. The summed E-state index contributed by atoms with van der Waals surface area (Å²) in [7, 11) is 0. The van der Waals surface area contributed by atoms with Crippen LogP contribution in [-0.4, -0.2) is 5.16 Å². The Bertz CT molecular complexity index is 576. The lowest BCUT2D eigenvalue weighted by Gasteiger charge is -2.14. The van der Waals surface area contributed by atoms with E-state index in [0.717, 1.165) is 33.4 Å². The topological polar surface area (TPSA) is 35.3 Å². The molecular weight excluding hydrogens is 262 g/mol. The molecular formula is C15H18ClNO2. The van der Waals surface area contributed by atoms with Gasteiger partial charge in [0.1, 0.15) is 12.4 Å². The average Bonchev–Trinajstić information content (AvgIpc) is 2.73. The van der Waals surface area contributed by atoms with Crippen LogP contribution in [0.25, 0.3) is 0 Å². The van der Waals surface area contributed by atoms with E-state index in [1.54, 1.807) is 0 Å². The molecule has 0 atom stereocenters. The van der Waals surface area contributed by atoms with Crippen LogP contribution in [0.4, 0.5) is 0 Å². The Morgan fingerprint density at radius 3 is 2.58 bits per heavy atom. The maximum Gasteiger partial charge on any atom is 0.174 e. The van der Waals surface area contributed by atoms with Crippen LogP contribution in [0.3, 0.4) is 0 Å². The first-order chi connectivity index (χ1) is 8.97. The second-order valence-electron chi connectivity index (χ2n) is 5.02. The van der Waals surface area contributed by atoms with Crippen LogP contribution in [0.5, 0.6) is 5.75 Å². The zero-order chi connectivity index (χ0) is 14.0. The summed E-state index contributed by atoms with van der Waals surface area (Å²) in [6.45, 7) is 8.47. The molecule has 0 aliphatic rings. The van der Waals surface area contributed by atoms with Gasteiger partial charge in [-0.3, -0.25) is 0 Å². The van der Waals surface area contributed by atoms with Crippen molar-refractivity contribution in [2.24, 2.45) is 0 Å². The monoisotopic (exact) mass is 279 g/mol. The molecule has 4 heteroatoms. The van der Waals surface area contributed by atoms with Crippen LogP contribution >= 0.6 is 11.6 Å². The summed E-state index contributed by atoms with van der Waals surface area (Å²) in [6, 6.07) is 5.82. The van der Waals surface area contributed by atoms with Gasteiger partial charge in [-0.2, -0.15) is 0 Å². The number of hydrogen-bond acceptors (Lipinski definition) is 3. The highest BCUT2D eigenvalue weighted by molar-refractivity contribution is 6.31. The van der Waals surface area contributed by atoms with E-state index in [1.165, 1.54) is 0 Å². The number of benzene rings is 1. The fourth-order valence-corrected chi connectivity index (χ4v) is 2.34. The smallest absolute Gasteiger partial charge is 0.174 e. The summed E-state index contributed by atoms with van der Waals surface area (Å²) < 4.78 is 10.9. The second kappa shape index (κ2) is 5.66. The predicted molar refractivity (Wildman–Crippen MR) is 75.9 cm³/mol. The molecule has 0 fully saturated rings. The maximum atomic E-state index is 6.23. The number of aromatic nitrogens is 1. The lowest BCUT2D eigenvalue weighted by atomic mass is 10.0. The first-order valence-electron chi connectivity index (χ1n) is 6.32. The van der Waals surface area contributed by atoms with Gasteiger partial charge < -0.3 is 9.26 Å². The largest absolute Gasteiger partial charge is 0.485 e. The number of rotatable bonds is 4. The normalized spacial score (nSPS) is 11.1. The van der Waals surface area contributed by atoms with Crippen molar-refractivity contribution in [3.8, 4) is 5.75 Å². The van der Waals surface area contributed by atoms with Crippen molar-refractivity contribution in [3.63, 3.8) is 0 Å². The molecule has 0 spiro atoms. The first-order valence-corrected chi connectivity index (χ1v) is 6.70. The van der Waals surface area contributed by atoms with Gasteiger partial charge in [-0.15, -0.1) is 0 Å². The summed E-state index contributed by atoms with van der Waals surface area (Å²) in [5, 5.41) is 4.62. The van der Waals surface area contributed by atoms with Gasteiger partial charge in [-0.25, -0.2) is 0 Å². The third kappa shape index (κ3) is 3.29. The summed E-state index contributed by atoms with van der Waals surface area (Å²) in [5.74, 6) is 1.92. The van der Waals surface area contributed by atoms with Crippen molar-refractivity contribution in [2.45, 2.75) is 40.2 Å². The average molecular weight is 280 g/mol. The Labute approximate surface area is 118 Å². The van der Waals surface area contributed by atoms with E-state index in [4.69, 9.17) is 20.9 Å². The number of aryl methyl sites for hydroxylation is 2. The van der Waals surface area contributed by atoms with E-state index < -0.39 is 0 Å². The van der Waals surface area contributed by atoms with Gasteiger partial charge in [0.25, 0.3) is 0 Å². The highest BCUT2D eigenvalue weighted by atomic mass is 35.5. The summed E-state index contributed by atoms with van der Waals surface area (Å²) in [5.41, 5.74) is 2.97. The molecule has 19 heavy (non-hydrogen) atoms. The minimum atomic E-state index is 0.364.